The van der Waals surface area contributed by atoms with Crippen LogP contribution in [-0.2, 0) is 22.9 Å². The second kappa shape index (κ2) is 9.43. The molecule has 0 saturated carbocycles. The average Bonchev–Trinajstić information content (AvgIpc) is 3.07. The number of halogens is 5. The third-order valence-corrected chi connectivity index (χ3v) is 6.65. The molecule has 1 aromatic carbocycles. The smallest absolute Gasteiger partial charge is 0.347 e. The Labute approximate surface area is 200 Å². The predicted octanol–water partition coefficient (Wildman–Crippen LogP) is 4.87. The van der Waals surface area contributed by atoms with Gasteiger partial charge in [0.2, 0.25) is 0 Å². The van der Waals surface area contributed by atoms with Gasteiger partial charge in [-0.1, -0.05) is 32.9 Å². The molecule has 0 aliphatic heterocycles. The summed E-state index contributed by atoms with van der Waals surface area (Å²) in [6.07, 6.45) is -4.35. The zero-order chi connectivity index (χ0) is 26.3. The monoisotopic (exact) mass is 519 g/mol. The van der Waals surface area contributed by atoms with E-state index in [9.17, 15) is 30.4 Å². The fourth-order valence-electron chi connectivity index (χ4n) is 3.63. The Balaban J connectivity index is 2.25. The van der Waals surface area contributed by atoms with Gasteiger partial charge in [-0.3, -0.25) is 4.98 Å². The van der Waals surface area contributed by atoms with Gasteiger partial charge < -0.3 is 4.57 Å². The molecule has 0 radical (unpaired) electrons. The third-order valence-electron chi connectivity index (χ3n) is 5.14. The van der Waals surface area contributed by atoms with Gasteiger partial charge in [-0.2, -0.15) is 30.6 Å². The molecule has 192 valence electrons. The van der Waals surface area contributed by atoms with Crippen molar-refractivity contribution >= 4 is 21.1 Å². The molecule has 3 aromatic rings. The van der Waals surface area contributed by atoms with Crippen LogP contribution in [0.2, 0.25) is 0 Å². The topological polar surface area (TPSA) is 80.1 Å². The molecule has 0 fully saturated rings. The van der Waals surface area contributed by atoms with Crippen molar-refractivity contribution in [1.82, 2.24) is 23.6 Å². The number of alkyl halides is 5. The van der Waals surface area contributed by atoms with Crippen LogP contribution in [-0.4, -0.2) is 47.8 Å². The molecular formula is C22H26F5N5O2S. The van der Waals surface area contributed by atoms with Crippen LogP contribution in [0.4, 0.5) is 22.0 Å². The fraction of sp³-hybridized carbons (Fsp3) is 0.455. The van der Waals surface area contributed by atoms with E-state index < -0.39 is 40.2 Å². The van der Waals surface area contributed by atoms with Crippen molar-refractivity contribution in [2.45, 2.75) is 46.0 Å². The Hall–Kier alpha value is -2.64. The molecule has 7 nitrogen and oxygen atoms in total. The number of hydrogen-bond acceptors (Lipinski definition) is 4. The Kier molecular flexibility index (Phi) is 7.26. The van der Waals surface area contributed by atoms with Crippen molar-refractivity contribution in [2.24, 2.45) is 5.41 Å². The maximum atomic E-state index is 14.1. The molecule has 0 amide bonds. The van der Waals surface area contributed by atoms with E-state index in [4.69, 9.17) is 0 Å². The highest BCUT2D eigenvalue weighted by molar-refractivity contribution is 7.87. The van der Waals surface area contributed by atoms with Crippen LogP contribution in [0, 0.1) is 5.41 Å². The molecule has 0 unspecified atom stereocenters. The van der Waals surface area contributed by atoms with Gasteiger partial charge in [0.15, 0.2) is 5.69 Å². The first-order valence-corrected chi connectivity index (χ1v) is 11.9. The molecule has 0 saturated heterocycles. The van der Waals surface area contributed by atoms with Crippen molar-refractivity contribution in [1.29, 1.82) is 0 Å². The molecule has 0 spiro atoms. The molecule has 0 aliphatic rings. The van der Waals surface area contributed by atoms with E-state index in [1.54, 1.807) is 4.57 Å². The Morgan fingerprint density at radius 1 is 1.09 bits per heavy atom. The lowest BCUT2D eigenvalue weighted by atomic mass is 9.97. The predicted molar refractivity (Wildman–Crippen MR) is 122 cm³/mol. The van der Waals surface area contributed by atoms with Gasteiger partial charge >= 0.3 is 6.18 Å². The van der Waals surface area contributed by atoms with E-state index in [0.717, 1.165) is 16.7 Å². The minimum absolute atomic E-state index is 0.00594. The van der Waals surface area contributed by atoms with Gasteiger partial charge in [0, 0.05) is 61.3 Å². The van der Waals surface area contributed by atoms with Gasteiger partial charge in [0.05, 0.1) is 0 Å². The molecule has 35 heavy (non-hydrogen) atoms. The minimum atomic E-state index is -4.75. The summed E-state index contributed by atoms with van der Waals surface area (Å²) in [6.45, 7) is 6.06. The highest BCUT2D eigenvalue weighted by Gasteiger charge is 2.37. The molecular weight excluding hydrogens is 493 g/mol. The van der Waals surface area contributed by atoms with Crippen molar-refractivity contribution in [3.05, 3.63) is 48.0 Å². The summed E-state index contributed by atoms with van der Waals surface area (Å²) in [5.74, 6) is 0. The normalized spacial score (nSPS) is 14.3. The quantitative estimate of drug-likeness (QED) is 0.452. The van der Waals surface area contributed by atoms with Gasteiger partial charge in [0.25, 0.3) is 16.6 Å². The first-order valence-electron chi connectivity index (χ1n) is 10.5. The summed E-state index contributed by atoms with van der Waals surface area (Å²) in [5.41, 5.74) is -1.43. The summed E-state index contributed by atoms with van der Waals surface area (Å²) >= 11 is 0. The summed E-state index contributed by atoms with van der Waals surface area (Å²) in [4.78, 5) is 7.28. The Morgan fingerprint density at radius 3 is 2.26 bits per heavy atom. The number of fused-ring (bicyclic) bond motifs is 1. The molecule has 1 atom stereocenters. The molecule has 13 heteroatoms. The standard InChI is InChI=1S/C22H26F5N5O2S/c1-21(2,3)12-32-11-15(18(20(23)24)30-35(33,34)31(4)5)14-7-6-13(10-16(14)32)17-19(22(25,26)27)29-9-8-28-17/h6-11,18,20,30H,12H2,1-5H3/t18-/m0/s1. The highest BCUT2D eigenvalue weighted by atomic mass is 32.2. The first-order chi connectivity index (χ1) is 16.0. The molecule has 2 heterocycles. The van der Waals surface area contributed by atoms with Crippen LogP contribution in [0.3, 0.4) is 0 Å². The lowest BCUT2D eigenvalue weighted by Gasteiger charge is -2.21. The summed E-state index contributed by atoms with van der Waals surface area (Å²) < 4.78 is 97.8. The number of hydrogen-bond donors (Lipinski definition) is 1. The largest absolute Gasteiger partial charge is 0.435 e. The minimum Gasteiger partial charge on any atom is -0.347 e. The molecule has 0 bridgehead atoms. The van der Waals surface area contributed by atoms with Gasteiger partial charge in [0.1, 0.15) is 11.7 Å². The maximum Gasteiger partial charge on any atom is 0.435 e. The SMILES string of the molecule is CN(C)S(=O)(=O)N[C@@H](c1cn(CC(C)(C)C)c2cc(-c3nccnc3C(F)(F)F)ccc12)C(F)F. The van der Waals surface area contributed by atoms with Crippen LogP contribution in [0.15, 0.2) is 36.8 Å². The van der Waals surface area contributed by atoms with E-state index in [-0.39, 0.29) is 21.9 Å². The van der Waals surface area contributed by atoms with Crippen molar-refractivity contribution in [3.8, 4) is 11.3 Å². The second-order valence-corrected chi connectivity index (χ2v) is 11.4. The molecule has 0 aliphatic carbocycles. The number of nitrogens with zero attached hydrogens (tertiary/aromatic N) is 4. The summed E-state index contributed by atoms with van der Waals surface area (Å²) in [7, 11) is -1.79. The lowest BCUT2D eigenvalue weighted by molar-refractivity contribution is -0.140. The lowest BCUT2D eigenvalue weighted by Crippen LogP contribution is -2.40. The molecule has 3 rings (SSSR count). The number of benzene rings is 1. The van der Waals surface area contributed by atoms with E-state index in [2.05, 4.69) is 9.97 Å². The van der Waals surface area contributed by atoms with Gasteiger partial charge in [-0.15, -0.1) is 0 Å². The average molecular weight is 520 g/mol. The second-order valence-electron chi connectivity index (χ2n) is 9.47. The zero-order valence-corrected chi connectivity index (χ0v) is 20.5. The number of nitrogens with one attached hydrogen (secondary N) is 1. The summed E-state index contributed by atoms with van der Waals surface area (Å²) in [5, 5.41) is 0.280. The number of rotatable bonds is 7. The highest BCUT2D eigenvalue weighted by Crippen LogP contribution is 2.38. The van der Waals surface area contributed by atoms with Gasteiger partial charge in [-0.05, 0) is 11.5 Å². The van der Waals surface area contributed by atoms with E-state index in [1.165, 1.54) is 38.5 Å². The maximum absolute atomic E-state index is 14.1. The zero-order valence-electron chi connectivity index (χ0n) is 19.7. The third kappa shape index (κ3) is 5.96. The van der Waals surface area contributed by atoms with Crippen molar-refractivity contribution in [3.63, 3.8) is 0 Å². The number of aromatic nitrogens is 3. The van der Waals surface area contributed by atoms with E-state index >= 15 is 0 Å². The van der Waals surface area contributed by atoms with Crippen LogP contribution < -0.4 is 4.72 Å². The molecule has 2 aromatic heterocycles. The van der Waals surface area contributed by atoms with Gasteiger partial charge in [-0.25, -0.2) is 13.8 Å². The summed E-state index contributed by atoms with van der Waals surface area (Å²) in [6, 6.07) is 2.27. The van der Waals surface area contributed by atoms with E-state index in [0.29, 0.717) is 12.1 Å². The first kappa shape index (κ1) is 27.0. The van der Waals surface area contributed by atoms with Crippen LogP contribution in [0.25, 0.3) is 22.2 Å². The Bertz CT molecular complexity index is 1310. The Morgan fingerprint density at radius 2 is 1.71 bits per heavy atom. The van der Waals surface area contributed by atoms with Crippen LogP contribution in [0.5, 0.6) is 0 Å². The van der Waals surface area contributed by atoms with Crippen molar-refractivity contribution < 1.29 is 30.4 Å². The van der Waals surface area contributed by atoms with Crippen LogP contribution >= 0.6 is 0 Å². The van der Waals surface area contributed by atoms with E-state index in [1.807, 2.05) is 25.5 Å². The van der Waals surface area contributed by atoms with Crippen molar-refractivity contribution in [2.75, 3.05) is 14.1 Å². The fourth-order valence-corrected chi connectivity index (χ4v) is 4.39. The molecule has 1 N–H and O–H groups in total. The van der Waals surface area contributed by atoms with Crippen LogP contribution in [0.1, 0.15) is 38.1 Å².